The summed E-state index contributed by atoms with van der Waals surface area (Å²) in [6.45, 7) is 2.51. The number of amides is 1. The van der Waals surface area contributed by atoms with E-state index >= 15 is 0 Å². The minimum Gasteiger partial charge on any atom is -0.371 e. The molecule has 0 heterocycles. The van der Waals surface area contributed by atoms with Gasteiger partial charge in [-0.2, -0.15) is 0 Å². The molecule has 0 aromatic heterocycles. The summed E-state index contributed by atoms with van der Waals surface area (Å²) in [5, 5.41) is 0. The second-order valence-corrected chi connectivity index (χ2v) is 7.44. The van der Waals surface area contributed by atoms with Crippen LogP contribution in [0, 0.1) is 6.92 Å². The molecule has 0 aliphatic rings. The summed E-state index contributed by atoms with van der Waals surface area (Å²) in [4.78, 5) is 14.6. The molecule has 2 rings (SSSR count). The summed E-state index contributed by atoms with van der Waals surface area (Å²) in [7, 11) is 1.89. The Hall–Kier alpha value is -2.24. The smallest absolute Gasteiger partial charge is 0.247 e. The Kier molecular flexibility index (Phi) is 7.10. The molecule has 25 heavy (non-hydrogen) atoms. The summed E-state index contributed by atoms with van der Waals surface area (Å²) in [5.74, 6) is -0.209. The third kappa shape index (κ3) is 5.96. The standard InChI is InChI=1S/C20H23NO3S/c1-16-9-11-18(12-10-16)25(23)19(13-20(22)21(2)3)15-24-14-17-7-5-4-6-8-17/h4-13H,14-15H2,1-3H3/b19-13+. The molecule has 2 aromatic carbocycles. The first-order chi connectivity index (χ1) is 12.0. The summed E-state index contributed by atoms with van der Waals surface area (Å²) < 4.78 is 18.5. The van der Waals surface area contributed by atoms with Crippen LogP contribution in [0.4, 0.5) is 0 Å². The van der Waals surface area contributed by atoms with E-state index in [1.54, 1.807) is 14.1 Å². The lowest BCUT2D eigenvalue weighted by molar-refractivity contribution is -0.123. The average Bonchev–Trinajstić information content (AvgIpc) is 2.61. The third-order valence-corrected chi connectivity index (χ3v) is 4.97. The molecule has 0 aliphatic heterocycles. The number of hydrogen-bond acceptors (Lipinski definition) is 3. The second kappa shape index (κ2) is 9.30. The highest BCUT2D eigenvalue weighted by molar-refractivity contribution is 7.89. The number of hydrogen-bond donors (Lipinski definition) is 0. The van der Waals surface area contributed by atoms with Crippen molar-refractivity contribution >= 4 is 16.7 Å². The number of nitrogens with zero attached hydrogens (tertiary/aromatic N) is 1. The van der Waals surface area contributed by atoms with E-state index < -0.39 is 10.8 Å². The molecule has 1 unspecified atom stereocenters. The topological polar surface area (TPSA) is 46.6 Å². The highest BCUT2D eigenvalue weighted by Gasteiger charge is 2.14. The van der Waals surface area contributed by atoms with Crippen molar-refractivity contribution in [2.75, 3.05) is 20.7 Å². The van der Waals surface area contributed by atoms with E-state index in [-0.39, 0.29) is 12.5 Å². The van der Waals surface area contributed by atoms with Crippen molar-refractivity contribution in [2.24, 2.45) is 0 Å². The normalized spacial score (nSPS) is 12.7. The van der Waals surface area contributed by atoms with Gasteiger partial charge in [0.1, 0.15) is 0 Å². The van der Waals surface area contributed by atoms with Crippen LogP contribution in [0.5, 0.6) is 0 Å². The molecule has 0 bridgehead atoms. The molecule has 0 saturated carbocycles. The van der Waals surface area contributed by atoms with E-state index in [1.807, 2.05) is 61.5 Å². The van der Waals surface area contributed by atoms with E-state index in [0.29, 0.717) is 16.4 Å². The van der Waals surface area contributed by atoms with Gasteiger partial charge in [-0.05, 0) is 24.6 Å². The van der Waals surface area contributed by atoms with Crippen LogP contribution in [0.25, 0.3) is 0 Å². The van der Waals surface area contributed by atoms with Crippen LogP contribution in [-0.4, -0.2) is 35.7 Å². The van der Waals surface area contributed by atoms with Gasteiger partial charge in [0, 0.05) is 25.1 Å². The average molecular weight is 357 g/mol. The molecular formula is C20H23NO3S. The van der Waals surface area contributed by atoms with Crippen LogP contribution in [0.1, 0.15) is 11.1 Å². The predicted molar refractivity (Wildman–Crippen MR) is 100 cm³/mol. The zero-order chi connectivity index (χ0) is 18.2. The van der Waals surface area contributed by atoms with Crippen molar-refractivity contribution in [3.8, 4) is 0 Å². The van der Waals surface area contributed by atoms with Gasteiger partial charge in [0.05, 0.1) is 28.9 Å². The van der Waals surface area contributed by atoms with E-state index in [4.69, 9.17) is 4.74 Å². The van der Waals surface area contributed by atoms with Gasteiger partial charge in [-0.15, -0.1) is 0 Å². The molecule has 4 nitrogen and oxygen atoms in total. The number of likely N-dealkylation sites (N-methyl/N-ethyl adjacent to an activating group) is 1. The molecule has 1 atom stereocenters. The van der Waals surface area contributed by atoms with Crippen molar-refractivity contribution in [1.29, 1.82) is 0 Å². The van der Waals surface area contributed by atoms with E-state index in [9.17, 15) is 9.00 Å². The third-order valence-electron chi connectivity index (χ3n) is 3.55. The Morgan fingerprint density at radius 3 is 2.32 bits per heavy atom. The molecule has 0 radical (unpaired) electrons. The lowest BCUT2D eigenvalue weighted by atomic mass is 10.2. The van der Waals surface area contributed by atoms with Gasteiger partial charge in [0.25, 0.3) is 0 Å². The Balaban J connectivity index is 2.13. The van der Waals surface area contributed by atoms with Crippen molar-refractivity contribution in [1.82, 2.24) is 4.90 Å². The number of carbonyl (C=O) groups excluding carboxylic acids is 1. The molecule has 0 saturated heterocycles. The highest BCUT2D eigenvalue weighted by Crippen LogP contribution is 2.17. The van der Waals surface area contributed by atoms with E-state index in [0.717, 1.165) is 11.1 Å². The number of aryl methyl sites for hydroxylation is 1. The Bertz CT molecular complexity index is 752. The largest absolute Gasteiger partial charge is 0.371 e. The fourth-order valence-electron chi connectivity index (χ4n) is 2.07. The molecule has 5 heteroatoms. The van der Waals surface area contributed by atoms with Crippen molar-refractivity contribution in [3.05, 3.63) is 76.7 Å². The SMILES string of the molecule is Cc1ccc(S(=O)/C(=C/C(=O)N(C)C)COCc2ccccc2)cc1. The zero-order valence-corrected chi connectivity index (χ0v) is 15.6. The van der Waals surface area contributed by atoms with E-state index in [2.05, 4.69) is 0 Å². The van der Waals surface area contributed by atoms with Crippen LogP contribution in [-0.2, 0) is 26.9 Å². The molecule has 132 valence electrons. The Labute approximate surface area is 151 Å². The number of carbonyl (C=O) groups is 1. The lowest BCUT2D eigenvalue weighted by Gasteiger charge is -2.12. The van der Waals surface area contributed by atoms with Gasteiger partial charge in [0.15, 0.2) is 0 Å². The molecule has 0 aliphatic carbocycles. The van der Waals surface area contributed by atoms with Crippen LogP contribution in [0.3, 0.4) is 0 Å². The van der Waals surface area contributed by atoms with Gasteiger partial charge in [-0.1, -0.05) is 48.0 Å². The molecule has 1 amide bonds. The van der Waals surface area contributed by atoms with Gasteiger partial charge in [-0.25, -0.2) is 4.21 Å². The van der Waals surface area contributed by atoms with Gasteiger partial charge in [-0.3, -0.25) is 4.79 Å². The monoisotopic (exact) mass is 357 g/mol. The Morgan fingerprint density at radius 2 is 1.72 bits per heavy atom. The zero-order valence-electron chi connectivity index (χ0n) is 14.8. The Morgan fingerprint density at radius 1 is 1.08 bits per heavy atom. The number of rotatable bonds is 7. The fraction of sp³-hybridized carbons (Fsp3) is 0.250. The van der Waals surface area contributed by atoms with Crippen LogP contribution < -0.4 is 0 Å². The molecule has 0 N–H and O–H groups in total. The van der Waals surface area contributed by atoms with Crippen LogP contribution >= 0.6 is 0 Å². The van der Waals surface area contributed by atoms with Crippen molar-refractivity contribution in [2.45, 2.75) is 18.4 Å². The molecule has 0 spiro atoms. The second-order valence-electron chi connectivity index (χ2n) is 5.90. The quantitative estimate of drug-likeness (QED) is 0.715. The maximum atomic E-state index is 12.8. The van der Waals surface area contributed by atoms with Crippen LogP contribution in [0.2, 0.25) is 0 Å². The summed E-state index contributed by atoms with van der Waals surface area (Å²) in [6, 6.07) is 17.2. The van der Waals surface area contributed by atoms with Gasteiger partial charge < -0.3 is 9.64 Å². The number of ether oxygens (including phenoxy) is 1. The van der Waals surface area contributed by atoms with Gasteiger partial charge in [0.2, 0.25) is 5.91 Å². The first-order valence-corrected chi connectivity index (χ1v) is 9.14. The van der Waals surface area contributed by atoms with Crippen molar-refractivity contribution < 1.29 is 13.7 Å². The fourth-order valence-corrected chi connectivity index (χ4v) is 3.16. The molecular weight excluding hydrogens is 334 g/mol. The summed E-state index contributed by atoms with van der Waals surface area (Å²) in [6.07, 6.45) is 1.40. The summed E-state index contributed by atoms with van der Waals surface area (Å²) >= 11 is 0. The van der Waals surface area contributed by atoms with Gasteiger partial charge >= 0.3 is 0 Å². The predicted octanol–water partition coefficient (Wildman–Crippen LogP) is 3.29. The minimum atomic E-state index is -1.44. The lowest BCUT2D eigenvalue weighted by Crippen LogP contribution is -2.20. The highest BCUT2D eigenvalue weighted by atomic mass is 32.2. The van der Waals surface area contributed by atoms with Crippen LogP contribution in [0.15, 0.2) is 70.5 Å². The molecule has 2 aromatic rings. The van der Waals surface area contributed by atoms with E-state index in [1.165, 1.54) is 11.0 Å². The first-order valence-electron chi connectivity index (χ1n) is 7.99. The minimum absolute atomic E-state index is 0.134. The number of benzene rings is 2. The first kappa shape index (κ1) is 19.1. The van der Waals surface area contributed by atoms with Crippen molar-refractivity contribution in [3.63, 3.8) is 0 Å². The molecule has 0 fully saturated rings. The maximum Gasteiger partial charge on any atom is 0.247 e. The summed E-state index contributed by atoms with van der Waals surface area (Å²) in [5.41, 5.74) is 2.12. The maximum absolute atomic E-state index is 12.8.